The first-order chi connectivity index (χ1) is 8.39. The van der Waals surface area contributed by atoms with Crippen LogP contribution < -0.4 is 0 Å². The van der Waals surface area contributed by atoms with Crippen LogP contribution >= 0.6 is 0 Å². The number of carbonyl (C=O) groups is 2. The van der Waals surface area contributed by atoms with Crippen molar-refractivity contribution in [3.8, 4) is 0 Å². The second-order valence-electron chi connectivity index (χ2n) is 4.08. The van der Waals surface area contributed by atoms with Gasteiger partial charge in [0, 0.05) is 13.1 Å². The lowest BCUT2D eigenvalue weighted by atomic mass is 9.92. The summed E-state index contributed by atoms with van der Waals surface area (Å²) in [5.74, 6) is -7.36. The molecule has 0 aromatic rings. The molecule has 1 atom stereocenters. The molecule has 1 fully saturated rings. The minimum atomic E-state index is -3.82. The number of amides is 1. The van der Waals surface area contributed by atoms with Crippen LogP contribution in [0.25, 0.3) is 0 Å². The highest BCUT2D eigenvalue weighted by atomic mass is 19.3. The summed E-state index contributed by atoms with van der Waals surface area (Å²) in [5, 5.41) is 8.46. The highest BCUT2D eigenvalue weighted by Crippen LogP contribution is 2.32. The summed E-state index contributed by atoms with van der Waals surface area (Å²) in [6, 6.07) is 0. The number of hydrogen-bond acceptors (Lipinski definition) is 3. The van der Waals surface area contributed by atoms with E-state index in [9.17, 15) is 18.4 Å². The Balaban J connectivity index is 2.63. The Labute approximate surface area is 103 Å². The van der Waals surface area contributed by atoms with Crippen molar-refractivity contribution in [1.82, 2.24) is 4.90 Å². The van der Waals surface area contributed by atoms with Gasteiger partial charge in [0.1, 0.15) is 6.61 Å². The lowest BCUT2D eigenvalue weighted by Gasteiger charge is -2.34. The van der Waals surface area contributed by atoms with Gasteiger partial charge in [0.25, 0.3) is 0 Å². The van der Waals surface area contributed by atoms with Crippen molar-refractivity contribution < 1.29 is 28.2 Å². The van der Waals surface area contributed by atoms with Gasteiger partial charge in [-0.1, -0.05) is 12.7 Å². The summed E-state index contributed by atoms with van der Waals surface area (Å²) >= 11 is 0. The predicted octanol–water partition coefficient (Wildman–Crippen LogP) is 1.74. The fourth-order valence-electron chi connectivity index (χ4n) is 1.84. The topological polar surface area (TPSA) is 66.8 Å². The third kappa shape index (κ3) is 3.18. The molecule has 0 aromatic heterocycles. The molecular weight excluding hydrogens is 248 g/mol. The number of aliphatic carboxylic acids is 1. The van der Waals surface area contributed by atoms with Crippen LogP contribution in [0.2, 0.25) is 0 Å². The average molecular weight is 263 g/mol. The van der Waals surface area contributed by atoms with Crippen LogP contribution in [0.15, 0.2) is 12.7 Å². The number of carbonyl (C=O) groups excluding carboxylic acids is 1. The number of piperidine rings is 1. The first kappa shape index (κ1) is 14.4. The number of hydrogen-bond donors (Lipinski definition) is 1. The quantitative estimate of drug-likeness (QED) is 0.784. The van der Waals surface area contributed by atoms with Crippen LogP contribution in [0.3, 0.4) is 0 Å². The summed E-state index contributed by atoms with van der Waals surface area (Å²) in [4.78, 5) is 23.0. The van der Waals surface area contributed by atoms with Gasteiger partial charge in [-0.25, -0.2) is 9.59 Å². The molecule has 7 heteroatoms. The molecule has 0 bridgehead atoms. The van der Waals surface area contributed by atoms with Crippen molar-refractivity contribution in [2.24, 2.45) is 5.92 Å². The van der Waals surface area contributed by atoms with E-state index in [1.165, 1.54) is 6.08 Å². The molecule has 0 aromatic carbocycles. The van der Waals surface area contributed by atoms with Crippen LogP contribution in [0.1, 0.15) is 12.8 Å². The van der Waals surface area contributed by atoms with Crippen LogP contribution in [0.5, 0.6) is 0 Å². The maximum Gasteiger partial charge on any atom is 0.410 e. The zero-order valence-corrected chi connectivity index (χ0v) is 9.77. The van der Waals surface area contributed by atoms with Gasteiger partial charge < -0.3 is 14.7 Å². The monoisotopic (exact) mass is 263 g/mol. The number of halogens is 2. The van der Waals surface area contributed by atoms with Gasteiger partial charge in [-0.15, -0.1) is 0 Å². The third-order valence-corrected chi connectivity index (χ3v) is 2.80. The van der Waals surface area contributed by atoms with E-state index in [2.05, 4.69) is 6.58 Å². The second kappa shape index (κ2) is 5.79. The summed E-state index contributed by atoms with van der Waals surface area (Å²) in [7, 11) is 0. The summed E-state index contributed by atoms with van der Waals surface area (Å²) in [5.41, 5.74) is 0. The number of nitrogens with zero attached hydrogens (tertiary/aromatic N) is 1. The van der Waals surface area contributed by atoms with Crippen LogP contribution in [0, 0.1) is 5.92 Å². The Morgan fingerprint density at radius 3 is 2.78 bits per heavy atom. The zero-order chi connectivity index (χ0) is 13.8. The SMILES string of the molecule is C=CCOC(=O)N1CCCC(C(F)(F)C(=O)O)C1. The first-order valence-corrected chi connectivity index (χ1v) is 5.53. The van der Waals surface area contributed by atoms with E-state index in [0.29, 0.717) is 13.0 Å². The van der Waals surface area contributed by atoms with Crippen LogP contribution in [-0.2, 0) is 9.53 Å². The maximum absolute atomic E-state index is 13.3. The number of alkyl halides is 2. The molecule has 0 saturated carbocycles. The zero-order valence-electron chi connectivity index (χ0n) is 9.77. The molecule has 1 rings (SSSR count). The minimum Gasteiger partial charge on any atom is -0.477 e. The molecule has 1 aliphatic heterocycles. The molecule has 0 radical (unpaired) electrons. The lowest BCUT2D eigenvalue weighted by Crippen LogP contribution is -2.49. The molecule has 1 saturated heterocycles. The number of ether oxygens (including phenoxy) is 1. The highest BCUT2D eigenvalue weighted by molar-refractivity contribution is 5.76. The maximum atomic E-state index is 13.3. The van der Waals surface area contributed by atoms with Crippen molar-refractivity contribution in [3.05, 3.63) is 12.7 Å². The molecule has 0 aliphatic carbocycles. The van der Waals surface area contributed by atoms with E-state index in [1.54, 1.807) is 0 Å². The van der Waals surface area contributed by atoms with Gasteiger partial charge in [0.15, 0.2) is 0 Å². The van der Waals surface area contributed by atoms with E-state index >= 15 is 0 Å². The van der Waals surface area contributed by atoms with Gasteiger partial charge in [-0.3, -0.25) is 0 Å². The number of rotatable bonds is 4. The molecule has 1 unspecified atom stereocenters. The molecule has 1 aliphatic rings. The first-order valence-electron chi connectivity index (χ1n) is 5.53. The van der Waals surface area contributed by atoms with Gasteiger partial charge >= 0.3 is 18.0 Å². The summed E-state index contributed by atoms with van der Waals surface area (Å²) < 4.78 is 31.4. The Morgan fingerprint density at radius 1 is 1.56 bits per heavy atom. The molecule has 1 N–H and O–H groups in total. The van der Waals surface area contributed by atoms with Crippen molar-refractivity contribution in [2.75, 3.05) is 19.7 Å². The number of carboxylic acids is 1. The van der Waals surface area contributed by atoms with Crippen molar-refractivity contribution in [1.29, 1.82) is 0 Å². The molecule has 1 heterocycles. The second-order valence-corrected chi connectivity index (χ2v) is 4.08. The van der Waals surface area contributed by atoms with Gasteiger partial charge in [0.05, 0.1) is 5.92 Å². The Morgan fingerprint density at radius 2 is 2.22 bits per heavy atom. The lowest BCUT2D eigenvalue weighted by molar-refractivity contribution is -0.176. The summed E-state index contributed by atoms with van der Waals surface area (Å²) in [6.07, 6.45) is 1.05. The van der Waals surface area contributed by atoms with E-state index < -0.39 is 23.9 Å². The van der Waals surface area contributed by atoms with Crippen LogP contribution in [-0.4, -0.2) is 47.7 Å². The molecule has 18 heavy (non-hydrogen) atoms. The van der Waals surface area contributed by atoms with Crippen molar-refractivity contribution in [3.63, 3.8) is 0 Å². The molecule has 0 spiro atoms. The highest BCUT2D eigenvalue weighted by Gasteiger charge is 2.49. The van der Waals surface area contributed by atoms with Crippen LogP contribution in [0.4, 0.5) is 13.6 Å². The van der Waals surface area contributed by atoms with Crippen molar-refractivity contribution >= 4 is 12.1 Å². The van der Waals surface area contributed by atoms with Gasteiger partial charge in [0.2, 0.25) is 0 Å². The fourth-order valence-corrected chi connectivity index (χ4v) is 1.84. The largest absolute Gasteiger partial charge is 0.477 e. The van der Waals surface area contributed by atoms with E-state index in [1.807, 2.05) is 0 Å². The molecule has 1 amide bonds. The molecule has 102 valence electrons. The number of likely N-dealkylation sites (tertiary alicyclic amines) is 1. The molecule has 5 nitrogen and oxygen atoms in total. The minimum absolute atomic E-state index is 0.00464. The van der Waals surface area contributed by atoms with Gasteiger partial charge in [-0.05, 0) is 12.8 Å². The fraction of sp³-hybridized carbons (Fsp3) is 0.636. The Kier molecular flexibility index (Phi) is 4.63. The number of carboxylic acid groups (broad SMARTS) is 1. The molecular formula is C11H15F2NO4. The Hall–Kier alpha value is -1.66. The van der Waals surface area contributed by atoms with Crippen molar-refractivity contribution in [2.45, 2.75) is 18.8 Å². The standard InChI is InChI=1S/C11H15F2NO4/c1-2-6-18-10(17)14-5-3-4-8(7-14)11(12,13)9(15)16/h2,8H,1,3-7H2,(H,15,16). The van der Waals surface area contributed by atoms with Gasteiger partial charge in [-0.2, -0.15) is 8.78 Å². The van der Waals surface area contributed by atoms with E-state index in [0.717, 1.165) is 4.90 Å². The Bertz CT molecular complexity index is 346. The normalized spacial score (nSPS) is 20.3. The average Bonchev–Trinajstić information content (AvgIpc) is 2.35. The summed E-state index contributed by atoms with van der Waals surface area (Å²) in [6.45, 7) is 3.34. The van der Waals surface area contributed by atoms with E-state index in [-0.39, 0.29) is 19.6 Å². The predicted molar refractivity (Wildman–Crippen MR) is 58.4 cm³/mol. The smallest absolute Gasteiger partial charge is 0.410 e. The third-order valence-electron chi connectivity index (χ3n) is 2.80. The van der Waals surface area contributed by atoms with E-state index in [4.69, 9.17) is 9.84 Å².